The molecule has 26 nitrogen and oxygen atoms in total. The lowest BCUT2D eigenvalue weighted by Crippen LogP contribution is -2.71. The van der Waals surface area contributed by atoms with Crippen molar-refractivity contribution in [2.45, 2.75) is 137 Å². The Balaban J connectivity index is 0.000000145. The van der Waals surface area contributed by atoms with Crippen molar-refractivity contribution >= 4 is 80.3 Å². The third-order valence-corrected chi connectivity index (χ3v) is 21.1. The Kier molecular flexibility index (Phi) is 16.0. The number of aromatic amines is 2. The molecule has 2 aromatic heterocycles. The van der Waals surface area contributed by atoms with E-state index in [1.807, 2.05) is 99.0 Å². The first kappa shape index (κ1) is 64.2. The lowest BCUT2D eigenvalue weighted by atomic mass is 9.79. The monoisotopic (exact) mass is 1310 g/mol. The number of hydrogen-bond donors (Lipinski definition) is 10. The van der Waals surface area contributed by atoms with Crippen LogP contribution in [0.15, 0.2) is 122 Å². The molecule has 14 atom stereocenters. The Bertz CT molecular complexity index is 3990. The molecule has 6 fully saturated rings. The molecule has 4 aromatic carbocycles. The molecule has 6 aromatic rings. The highest BCUT2D eigenvalue weighted by Crippen LogP contribution is 2.49. The average molecular weight is 1310 g/mol. The van der Waals surface area contributed by atoms with Crippen LogP contribution in [-0.2, 0) is 73.5 Å². The molecule has 26 heteroatoms. The first-order chi connectivity index (χ1) is 45.8. The van der Waals surface area contributed by atoms with Crippen molar-refractivity contribution < 1.29 is 78.5 Å². The number of carbonyl (C=O) groups is 8. The van der Waals surface area contributed by atoms with Crippen LogP contribution in [0.2, 0.25) is 0 Å². The minimum absolute atomic E-state index is 0.144. The summed E-state index contributed by atoms with van der Waals surface area (Å²) in [6.07, 6.45) is 8.23. The number of carboxylic acid groups (broad SMARTS) is 2. The molecule has 6 amide bonds. The maximum Gasteiger partial charge on any atom is 0.335 e. The molecule has 0 saturated carbocycles. The first-order valence-electron chi connectivity index (χ1n) is 32.5. The van der Waals surface area contributed by atoms with Crippen LogP contribution in [0.1, 0.15) is 72.9 Å². The van der Waals surface area contributed by atoms with Gasteiger partial charge in [0.2, 0.25) is 35.1 Å². The number of H-pyrrole nitrogens is 2. The molecule has 0 radical (unpaired) electrons. The van der Waals surface area contributed by atoms with Crippen molar-refractivity contribution in [1.82, 2.24) is 50.0 Å². The number of ether oxygens (including phenoxy) is 2. The fraction of sp³-hybridized carbons (Fsp3) is 0.429. The lowest BCUT2D eigenvalue weighted by molar-refractivity contribution is -0.315. The number of carboxylic acids is 2. The molecule has 0 bridgehead atoms. The second-order valence-corrected chi connectivity index (χ2v) is 27.1. The number of fused-ring (bicyclic) bond motifs is 10. The van der Waals surface area contributed by atoms with Crippen molar-refractivity contribution in [2.24, 2.45) is 11.8 Å². The predicted molar refractivity (Wildman–Crippen MR) is 343 cm³/mol. The smallest absolute Gasteiger partial charge is 0.335 e. The summed E-state index contributed by atoms with van der Waals surface area (Å²) in [6.45, 7) is 4.90. The van der Waals surface area contributed by atoms with Gasteiger partial charge in [0.15, 0.2) is 12.2 Å². The molecule has 2 unspecified atom stereocenters. The van der Waals surface area contributed by atoms with Gasteiger partial charge in [-0.25, -0.2) is 9.59 Å². The van der Waals surface area contributed by atoms with Gasteiger partial charge in [-0.3, -0.25) is 57.8 Å². The number of nitrogens with one attached hydrogen (secondary N) is 4. The number of hydrogen-bond acceptors (Lipinski definition) is 16. The summed E-state index contributed by atoms with van der Waals surface area (Å²) in [5.41, 5.74) is 7.17. The molecule has 6 saturated heterocycles. The van der Waals surface area contributed by atoms with Gasteiger partial charge in [-0.15, -0.1) is 0 Å². The third-order valence-electron chi connectivity index (χ3n) is 21.1. The number of benzene rings is 4. The largest absolute Gasteiger partial charge is 0.479 e. The van der Waals surface area contributed by atoms with Gasteiger partial charge in [0.05, 0.1) is 11.8 Å². The third kappa shape index (κ3) is 10.5. The Labute approximate surface area is 550 Å². The molecule has 10 N–H and O–H groups in total. The second kappa shape index (κ2) is 23.9. The van der Waals surface area contributed by atoms with Gasteiger partial charge in [0, 0.05) is 85.3 Å². The molecule has 96 heavy (non-hydrogen) atoms. The summed E-state index contributed by atoms with van der Waals surface area (Å²) in [6, 6.07) is 28.2. The van der Waals surface area contributed by atoms with Crippen LogP contribution in [0.5, 0.6) is 0 Å². The van der Waals surface area contributed by atoms with Crippen LogP contribution in [-0.4, -0.2) is 229 Å². The van der Waals surface area contributed by atoms with Gasteiger partial charge in [0.1, 0.15) is 24.2 Å². The van der Waals surface area contributed by atoms with E-state index in [-0.39, 0.29) is 48.6 Å². The highest BCUT2D eigenvalue weighted by molar-refractivity contribution is 6.03. The second-order valence-electron chi connectivity index (χ2n) is 27.1. The molecule has 2 aliphatic carbocycles. The quantitative estimate of drug-likeness (QED) is 0.0885. The molecule has 10 heterocycles. The highest BCUT2D eigenvalue weighted by atomic mass is 16.7. The summed E-state index contributed by atoms with van der Waals surface area (Å²) < 4.78 is 12.5. The van der Waals surface area contributed by atoms with Crippen molar-refractivity contribution in [3.05, 3.63) is 155 Å². The first-order valence-corrected chi connectivity index (χ1v) is 32.5. The number of likely N-dealkylation sites (N-methyl/N-ethyl adjacent to an activating group) is 2. The highest BCUT2D eigenvalue weighted by Gasteiger charge is 2.72. The predicted octanol–water partition coefficient (Wildman–Crippen LogP) is 1.86. The fourth-order valence-corrected chi connectivity index (χ4v) is 16.5. The maximum absolute atomic E-state index is 14.2. The van der Waals surface area contributed by atoms with Crippen LogP contribution in [0, 0.1) is 11.8 Å². The van der Waals surface area contributed by atoms with E-state index in [0.29, 0.717) is 51.9 Å². The van der Waals surface area contributed by atoms with Gasteiger partial charge < -0.3 is 61.0 Å². The summed E-state index contributed by atoms with van der Waals surface area (Å²) in [5, 5.41) is 64.7. The van der Waals surface area contributed by atoms with E-state index < -0.39 is 95.2 Å². The number of aliphatic hydroxyl groups is 4. The molecule has 8 aliphatic heterocycles. The van der Waals surface area contributed by atoms with Crippen molar-refractivity contribution in [2.75, 3.05) is 40.3 Å². The van der Waals surface area contributed by atoms with Crippen LogP contribution in [0.25, 0.3) is 33.0 Å². The Morgan fingerprint density at radius 3 is 1.33 bits per heavy atom. The zero-order chi connectivity index (χ0) is 67.7. The Morgan fingerprint density at radius 2 is 0.958 bits per heavy atom. The summed E-state index contributed by atoms with van der Waals surface area (Å²) in [7, 11) is 4.04. The van der Waals surface area contributed by atoms with Crippen molar-refractivity contribution in [3.8, 4) is 0 Å². The summed E-state index contributed by atoms with van der Waals surface area (Å²) in [5.74, 6) is -11.1. The molecular weight excluding hydrogens is 1240 g/mol. The minimum atomic E-state index is -2.27. The number of carbonyl (C=O) groups excluding carboxylic acids is 6. The lowest BCUT2D eigenvalue weighted by Gasteiger charge is -2.48. The van der Waals surface area contributed by atoms with Crippen LogP contribution >= 0.6 is 0 Å². The number of aliphatic hydroxyl groups excluding tert-OH is 2. The normalized spacial score (nSPS) is 31.5. The number of rotatable bonds is 11. The molecule has 502 valence electrons. The maximum atomic E-state index is 14.2. The topological polar surface area (TPSA) is 351 Å². The Morgan fingerprint density at radius 1 is 0.573 bits per heavy atom. The van der Waals surface area contributed by atoms with E-state index in [1.54, 1.807) is 9.80 Å². The molecule has 16 rings (SSSR count). The van der Waals surface area contributed by atoms with Crippen LogP contribution in [0.4, 0.5) is 0 Å². The summed E-state index contributed by atoms with van der Waals surface area (Å²) in [4.78, 5) is 120. The zero-order valence-electron chi connectivity index (χ0n) is 53.3. The SMILES string of the molecule is CN1C[C@H](C(=O)N[C@]2(C)O[C@@]3(O)[C@@H]4CCCN4C(=O)[C@@H](Cc4ccccc4)N3C2=O)C=C2c3cccc4[nH]cc(c34)C[C@H]21.CN1C[C@H](C(=O)N[C@]2(C)O[C@@]3(O)[C@@H]4CCCN4C(=O)[C@H](Cc4ccccc4)N3C2=O)C=C2c3cccc4[nH]cc(c34)C[C@H]21.O=C(O)C(O)C(O)C(=O)O. The molecule has 0 spiro atoms. The van der Waals surface area contributed by atoms with E-state index >= 15 is 0 Å². The van der Waals surface area contributed by atoms with Gasteiger partial charge in [-0.1, -0.05) is 97.1 Å². The van der Waals surface area contributed by atoms with Gasteiger partial charge in [0.25, 0.3) is 23.6 Å². The molecule has 10 aliphatic rings. The van der Waals surface area contributed by atoms with Crippen molar-refractivity contribution in [1.29, 1.82) is 0 Å². The van der Waals surface area contributed by atoms with Gasteiger partial charge >= 0.3 is 11.9 Å². The average Bonchev–Trinajstić information content (AvgIpc) is 1.54. The van der Waals surface area contributed by atoms with Crippen LogP contribution < -0.4 is 10.6 Å². The van der Waals surface area contributed by atoms with E-state index in [9.17, 15) is 48.6 Å². The number of aromatic nitrogens is 2. The number of aliphatic carboxylic acids is 2. The zero-order valence-corrected chi connectivity index (χ0v) is 53.3. The van der Waals surface area contributed by atoms with E-state index in [4.69, 9.17) is 29.9 Å². The van der Waals surface area contributed by atoms with Gasteiger partial charge in [-0.05, 0) is 123 Å². The van der Waals surface area contributed by atoms with Gasteiger partial charge in [-0.2, -0.15) is 0 Å². The Hall–Kier alpha value is -9.12. The van der Waals surface area contributed by atoms with Crippen molar-refractivity contribution in [3.63, 3.8) is 0 Å². The van der Waals surface area contributed by atoms with E-state index in [0.717, 1.165) is 57.3 Å². The fourth-order valence-electron chi connectivity index (χ4n) is 16.5. The van der Waals surface area contributed by atoms with E-state index in [1.165, 1.54) is 45.5 Å². The van der Waals surface area contributed by atoms with Crippen LogP contribution in [0.3, 0.4) is 0 Å². The van der Waals surface area contributed by atoms with E-state index in [2.05, 4.69) is 67.1 Å². The number of nitrogens with zero attached hydrogens (tertiary/aromatic N) is 6. The number of piperazine rings is 2. The number of amides is 6. The molecular formula is C70H76N10O16. The summed E-state index contributed by atoms with van der Waals surface area (Å²) >= 11 is 0. The standard InChI is InChI=1S/2C33H35N5O5.C4H6O6/c2*1-32(35-29(39)21-15-23-22-10-6-11-24-28(22)20(17-34-24)16-25(23)36(2)18-21)31(41)38-26(14-19-8-4-3-5-9-19)30(40)37-13-7-12-27(37)33(38,42)43-32;5-1(3(7)8)2(6)4(9)10/h2*3-6,8-11,15,17,21,25-27,34,42H,7,12-14,16,18H2,1-2H3,(H,35,39);1-2,5-6H,(H,7,8)(H,9,10)/t21-,25-,26+,27+,32-,33+;21-,25-,26-,27+,32-,33+;/m11./s1. The minimum Gasteiger partial charge on any atom is -0.479 e.